The van der Waals surface area contributed by atoms with Crippen LogP contribution in [0.15, 0.2) is 53.7 Å². The smallest absolute Gasteiger partial charge is 0.213 e. The summed E-state index contributed by atoms with van der Waals surface area (Å²) in [6.07, 6.45) is 7.08. The number of benzene rings is 1. The fraction of sp³-hybridized carbons (Fsp3) is 0.367. The van der Waals surface area contributed by atoms with Crippen LogP contribution < -0.4 is 25.5 Å². The van der Waals surface area contributed by atoms with Crippen molar-refractivity contribution in [2.45, 2.75) is 44.9 Å². The van der Waals surface area contributed by atoms with Crippen molar-refractivity contribution in [1.82, 2.24) is 19.4 Å². The summed E-state index contributed by atoms with van der Waals surface area (Å²) in [6, 6.07) is 8.45. The van der Waals surface area contributed by atoms with E-state index in [1.807, 2.05) is 29.7 Å². The standard InChI is InChI=1S/C30H32F2N6O3/c1-18-17-41-24-11-23(31)28(32)27-29(24)38(18)15-20(30(27)39)14-37(13-19-7-8-34-26(10-19)40-2)22-4-3-9-36(16-22)21-5-6-25(33)35-12-21/h5-8,10-12,15,18,22H,3-4,9,13-14,16-17H2,1-2H3,(H2,33,35). The number of hydrogen-bond acceptors (Lipinski definition) is 8. The van der Waals surface area contributed by atoms with E-state index in [2.05, 4.69) is 19.8 Å². The van der Waals surface area contributed by atoms with Gasteiger partial charge < -0.3 is 24.7 Å². The fourth-order valence-corrected chi connectivity index (χ4v) is 5.87. The number of hydrogen-bond donors (Lipinski definition) is 1. The molecule has 0 aliphatic carbocycles. The molecule has 3 aromatic heterocycles. The molecule has 0 bridgehead atoms. The molecule has 41 heavy (non-hydrogen) atoms. The Morgan fingerprint density at radius 3 is 2.83 bits per heavy atom. The lowest BCUT2D eigenvalue weighted by Gasteiger charge is -2.40. The number of piperidine rings is 1. The molecule has 0 amide bonds. The lowest BCUT2D eigenvalue weighted by atomic mass is 10.0. The summed E-state index contributed by atoms with van der Waals surface area (Å²) < 4.78 is 42.6. The van der Waals surface area contributed by atoms with Gasteiger partial charge in [0.15, 0.2) is 17.1 Å². The van der Waals surface area contributed by atoms with Gasteiger partial charge in [0.05, 0.1) is 35.9 Å². The Morgan fingerprint density at radius 1 is 1.20 bits per heavy atom. The van der Waals surface area contributed by atoms with Gasteiger partial charge in [-0.3, -0.25) is 9.69 Å². The van der Waals surface area contributed by atoms with Gasteiger partial charge >= 0.3 is 0 Å². The zero-order chi connectivity index (χ0) is 28.7. The lowest BCUT2D eigenvalue weighted by molar-refractivity contribution is 0.157. The molecule has 6 rings (SSSR count). The van der Waals surface area contributed by atoms with E-state index in [-0.39, 0.29) is 29.8 Å². The van der Waals surface area contributed by atoms with Crippen LogP contribution in [-0.4, -0.2) is 52.3 Å². The summed E-state index contributed by atoms with van der Waals surface area (Å²) in [4.78, 5) is 26.7. The average Bonchev–Trinajstić information content (AvgIpc) is 2.98. The Morgan fingerprint density at radius 2 is 2.05 bits per heavy atom. The van der Waals surface area contributed by atoms with Crippen LogP contribution in [0.5, 0.6) is 11.6 Å². The zero-order valence-electron chi connectivity index (χ0n) is 23.0. The van der Waals surface area contributed by atoms with Gasteiger partial charge in [0.2, 0.25) is 5.88 Å². The molecule has 2 N–H and O–H groups in total. The summed E-state index contributed by atoms with van der Waals surface area (Å²) >= 11 is 0. The highest BCUT2D eigenvalue weighted by molar-refractivity contribution is 5.86. The van der Waals surface area contributed by atoms with E-state index in [1.165, 1.54) is 0 Å². The molecular formula is C30H32F2N6O3. The normalized spacial score (nSPS) is 18.5. The molecule has 0 spiro atoms. The number of pyridine rings is 3. The van der Waals surface area contributed by atoms with Crippen LogP contribution in [-0.2, 0) is 13.1 Å². The first-order chi connectivity index (χ1) is 19.8. The van der Waals surface area contributed by atoms with Crippen LogP contribution in [0.2, 0.25) is 0 Å². The molecule has 1 fully saturated rings. The number of methoxy groups -OCH3 is 1. The molecule has 2 atom stereocenters. The van der Waals surface area contributed by atoms with Crippen LogP contribution in [0.25, 0.3) is 10.9 Å². The van der Waals surface area contributed by atoms with E-state index in [9.17, 15) is 9.18 Å². The Balaban J connectivity index is 1.40. The minimum absolute atomic E-state index is 0.0607. The van der Waals surface area contributed by atoms with Crippen LogP contribution in [0.3, 0.4) is 0 Å². The summed E-state index contributed by atoms with van der Waals surface area (Å²) in [5.41, 5.74) is 7.91. The minimum atomic E-state index is -1.15. The molecule has 9 nitrogen and oxygen atoms in total. The van der Waals surface area contributed by atoms with Crippen molar-refractivity contribution in [3.63, 3.8) is 0 Å². The van der Waals surface area contributed by atoms with Crippen molar-refractivity contribution >= 4 is 22.4 Å². The molecule has 2 unspecified atom stereocenters. The van der Waals surface area contributed by atoms with Crippen molar-refractivity contribution < 1.29 is 18.3 Å². The largest absolute Gasteiger partial charge is 0.489 e. The van der Waals surface area contributed by atoms with Gasteiger partial charge in [-0.25, -0.2) is 18.7 Å². The first kappa shape index (κ1) is 26.9. The van der Waals surface area contributed by atoms with E-state index in [0.29, 0.717) is 42.5 Å². The highest BCUT2D eigenvalue weighted by Crippen LogP contribution is 2.35. The summed E-state index contributed by atoms with van der Waals surface area (Å²) in [5.74, 6) is -1.10. The number of nitrogens with two attached hydrogens (primary N) is 1. The maximum atomic E-state index is 15.2. The number of rotatable bonds is 7. The Bertz CT molecular complexity index is 1640. The number of halogens is 2. The molecule has 214 valence electrons. The number of nitrogen functional groups attached to an aromatic ring is 1. The Hall–Kier alpha value is -4.25. The summed E-state index contributed by atoms with van der Waals surface area (Å²) in [5, 5.41) is -0.271. The van der Waals surface area contributed by atoms with Gasteiger partial charge in [0.25, 0.3) is 0 Å². The predicted octanol–water partition coefficient (Wildman–Crippen LogP) is 4.29. The lowest BCUT2D eigenvalue weighted by Crippen LogP contribution is -2.48. The number of nitrogens with zero attached hydrogens (tertiary/aromatic N) is 5. The monoisotopic (exact) mass is 562 g/mol. The Labute approximate surface area is 236 Å². The van der Waals surface area contributed by atoms with Crippen LogP contribution in [0.4, 0.5) is 20.3 Å². The molecule has 11 heteroatoms. The third-order valence-corrected chi connectivity index (χ3v) is 8.00. The van der Waals surface area contributed by atoms with Gasteiger partial charge in [-0.2, -0.15) is 0 Å². The second-order valence-electron chi connectivity index (χ2n) is 10.7. The summed E-state index contributed by atoms with van der Waals surface area (Å²) in [6.45, 7) is 4.54. The zero-order valence-corrected chi connectivity index (χ0v) is 23.0. The maximum absolute atomic E-state index is 15.2. The van der Waals surface area contributed by atoms with E-state index in [1.54, 1.807) is 31.8 Å². The third kappa shape index (κ3) is 5.17. The second-order valence-corrected chi connectivity index (χ2v) is 10.7. The third-order valence-electron chi connectivity index (χ3n) is 8.00. The van der Waals surface area contributed by atoms with Gasteiger partial charge in [-0.1, -0.05) is 0 Å². The van der Waals surface area contributed by atoms with Gasteiger partial charge in [-0.15, -0.1) is 0 Å². The van der Waals surface area contributed by atoms with Gasteiger partial charge in [-0.05, 0) is 43.5 Å². The highest BCUT2D eigenvalue weighted by Gasteiger charge is 2.30. The van der Waals surface area contributed by atoms with Crippen LogP contribution >= 0.6 is 0 Å². The molecule has 2 aliphatic rings. The number of ether oxygens (including phenoxy) is 2. The number of anilines is 2. The number of aromatic nitrogens is 3. The van der Waals surface area contributed by atoms with Crippen LogP contribution in [0.1, 0.15) is 36.9 Å². The SMILES string of the molecule is COc1cc(CN(Cc2cn3c4c(cc(F)c(F)c4c2=O)OCC3C)C2CCCN(c3ccc(N)nc3)C2)ccn1. The molecule has 2 aliphatic heterocycles. The van der Waals surface area contributed by atoms with Crippen LogP contribution in [0, 0.1) is 11.6 Å². The average molecular weight is 563 g/mol. The summed E-state index contributed by atoms with van der Waals surface area (Å²) in [7, 11) is 1.57. The molecule has 0 saturated carbocycles. The molecular weight excluding hydrogens is 530 g/mol. The van der Waals surface area contributed by atoms with Gasteiger partial charge in [0, 0.05) is 62.3 Å². The van der Waals surface area contributed by atoms with Crippen molar-refractivity contribution in [2.24, 2.45) is 0 Å². The minimum Gasteiger partial charge on any atom is -0.489 e. The molecule has 1 aromatic carbocycles. The van der Waals surface area contributed by atoms with Crippen molar-refractivity contribution in [2.75, 3.05) is 37.4 Å². The van der Waals surface area contributed by atoms with E-state index >= 15 is 4.39 Å². The molecule has 5 heterocycles. The van der Waals surface area contributed by atoms with E-state index < -0.39 is 17.1 Å². The quantitative estimate of drug-likeness (QED) is 0.356. The van der Waals surface area contributed by atoms with E-state index in [0.717, 1.165) is 36.7 Å². The molecule has 4 aromatic rings. The first-order valence-electron chi connectivity index (χ1n) is 13.7. The van der Waals surface area contributed by atoms with E-state index in [4.69, 9.17) is 15.2 Å². The second kappa shape index (κ2) is 11.0. The van der Waals surface area contributed by atoms with Crippen molar-refractivity contribution in [3.8, 4) is 11.6 Å². The Kier molecular flexibility index (Phi) is 7.21. The first-order valence-corrected chi connectivity index (χ1v) is 13.7. The topological polar surface area (TPSA) is 98.7 Å². The predicted molar refractivity (Wildman–Crippen MR) is 152 cm³/mol. The van der Waals surface area contributed by atoms with Crippen molar-refractivity contribution in [1.29, 1.82) is 0 Å². The maximum Gasteiger partial charge on any atom is 0.213 e. The molecule has 1 saturated heterocycles. The van der Waals surface area contributed by atoms with Crippen molar-refractivity contribution in [3.05, 3.63) is 81.9 Å². The fourth-order valence-electron chi connectivity index (χ4n) is 5.87. The van der Waals surface area contributed by atoms with Gasteiger partial charge in [0.1, 0.15) is 18.2 Å². The molecule has 0 radical (unpaired) electrons. The highest BCUT2D eigenvalue weighted by atomic mass is 19.2.